The molecular formula is C19H13ClO2S2. The minimum absolute atomic E-state index is 0.0636. The van der Waals surface area contributed by atoms with Crippen LogP contribution in [0.3, 0.4) is 0 Å². The molecule has 0 fully saturated rings. The molecule has 0 spiro atoms. The first-order chi connectivity index (χ1) is 11.6. The maximum Gasteiger partial charge on any atom is 0.203 e. The van der Waals surface area contributed by atoms with Gasteiger partial charge in [-0.2, -0.15) is 0 Å². The Bertz CT molecular complexity index is 883. The van der Waals surface area contributed by atoms with Gasteiger partial charge in [0, 0.05) is 21.7 Å². The molecule has 3 rings (SSSR count). The van der Waals surface area contributed by atoms with Crippen molar-refractivity contribution in [2.75, 3.05) is 6.26 Å². The lowest BCUT2D eigenvalue weighted by atomic mass is 10.0. The van der Waals surface area contributed by atoms with Crippen LogP contribution in [0.15, 0.2) is 64.9 Å². The smallest absolute Gasteiger partial charge is 0.203 e. The van der Waals surface area contributed by atoms with Gasteiger partial charge in [-0.25, -0.2) is 0 Å². The van der Waals surface area contributed by atoms with E-state index in [0.29, 0.717) is 26.6 Å². The Morgan fingerprint density at radius 1 is 0.917 bits per heavy atom. The van der Waals surface area contributed by atoms with E-state index in [4.69, 9.17) is 11.6 Å². The van der Waals surface area contributed by atoms with E-state index in [9.17, 15) is 9.59 Å². The fourth-order valence-corrected chi connectivity index (χ4v) is 4.23. The molecule has 0 aliphatic heterocycles. The van der Waals surface area contributed by atoms with Crippen LogP contribution in [0.4, 0.5) is 0 Å². The molecule has 2 nitrogen and oxygen atoms in total. The molecule has 0 atom stereocenters. The summed E-state index contributed by atoms with van der Waals surface area (Å²) in [6.07, 6.45) is 1.91. The number of benzene rings is 2. The van der Waals surface area contributed by atoms with Crippen LogP contribution in [0, 0.1) is 0 Å². The van der Waals surface area contributed by atoms with Crippen molar-refractivity contribution >= 4 is 46.3 Å². The number of halogens is 1. The zero-order valence-electron chi connectivity index (χ0n) is 12.8. The fourth-order valence-electron chi connectivity index (χ4n) is 2.28. The normalized spacial score (nSPS) is 10.6. The lowest BCUT2D eigenvalue weighted by Gasteiger charge is -2.00. The first-order valence-corrected chi connectivity index (χ1v) is 9.60. The Morgan fingerprint density at radius 2 is 1.54 bits per heavy atom. The average molecular weight is 373 g/mol. The van der Waals surface area contributed by atoms with Crippen molar-refractivity contribution in [1.29, 1.82) is 0 Å². The van der Waals surface area contributed by atoms with E-state index in [1.54, 1.807) is 42.5 Å². The van der Waals surface area contributed by atoms with Gasteiger partial charge in [-0.15, -0.1) is 23.1 Å². The molecule has 1 aromatic heterocycles. The van der Waals surface area contributed by atoms with Gasteiger partial charge in [0.2, 0.25) is 5.78 Å². The SMILES string of the molecule is CSc1sc(C(=O)c2ccc(Cl)cc2)cc1C(=O)c1ccccc1. The van der Waals surface area contributed by atoms with Crippen LogP contribution >= 0.6 is 34.7 Å². The van der Waals surface area contributed by atoms with Gasteiger partial charge in [0.05, 0.1) is 9.09 Å². The summed E-state index contributed by atoms with van der Waals surface area (Å²) in [6, 6.07) is 17.6. The first-order valence-electron chi connectivity index (χ1n) is 7.18. The van der Waals surface area contributed by atoms with Crippen molar-refractivity contribution in [2.24, 2.45) is 0 Å². The van der Waals surface area contributed by atoms with Gasteiger partial charge in [0.15, 0.2) is 5.78 Å². The minimum atomic E-state index is -0.0981. The van der Waals surface area contributed by atoms with Crippen molar-refractivity contribution in [1.82, 2.24) is 0 Å². The molecule has 120 valence electrons. The van der Waals surface area contributed by atoms with Gasteiger partial charge in [0.25, 0.3) is 0 Å². The number of thiophene rings is 1. The monoisotopic (exact) mass is 372 g/mol. The third-order valence-electron chi connectivity index (χ3n) is 3.49. The van der Waals surface area contributed by atoms with Gasteiger partial charge in [0.1, 0.15) is 0 Å². The Kier molecular flexibility index (Phi) is 5.19. The van der Waals surface area contributed by atoms with Gasteiger partial charge >= 0.3 is 0 Å². The fraction of sp³-hybridized carbons (Fsp3) is 0.0526. The average Bonchev–Trinajstić information content (AvgIpc) is 3.06. The first kappa shape index (κ1) is 17.0. The van der Waals surface area contributed by atoms with Gasteiger partial charge < -0.3 is 0 Å². The molecule has 0 aliphatic rings. The number of rotatable bonds is 5. The van der Waals surface area contributed by atoms with E-state index in [-0.39, 0.29) is 11.6 Å². The van der Waals surface area contributed by atoms with Gasteiger partial charge in [-0.1, -0.05) is 41.9 Å². The second kappa shape index (κ2) is 7.34. The summed E-state index contributed by atoms with van der Waals surface area (Å²) < 4.78 is 0.848. The number of carbonyl (C=O) groups excluding carboxylic acids is 2. The molecule has 0 amide bonds. The molecule has 0 N–H and O–H groups in total. The third kappa shape index (κ3) is 3.46. The predicted molar refractivity (Wildman–Crippen MR) is 101 cm³/mol. The highest BCUT2D eigenvalue weighted by atomic mass is 35.5. The topological polar surface area (TPSA) is 34.1 Å². The van der Waals surface area contributed by atoms with Crippen molar-refractivity contribution in [2.45, 2.75) is 4.21 Å². The van der Waals surface area contributed by atoms with E-state index < -0.39 is 0 Å². The van der Waals surface area contributed by atoms with Crippen LogP contribution in [0.1, 0.15) is 31.2 Å². The quantitative estimate of drug-likeness (QED) is 0.432. The molecule has 5 heteroatoms. The lowest BCUT2D eigenvalue weighted by Crippen LogP contribution is -2.01. The second-order valence-corrected chi connectivity index (χ2v) is 7.61. The summed E-state index contributed by atoms with van der Waals surface area (Å²) in [6.45, 7) is 0. The zero-order chi connectivity index (χ0) is 17.1. The Labute approximate surface area is 153 Å². The minimum Gasteiger partial charge on any atom is -0.289 e. The standard InChI is InChI=1S/C19H13ClO2S2/c1-23-19-15(17(21)12-5-3-2-4-6-12)11-16(24-19)18(22)13-7-9-14(20)10-8-13/h2-11H,1H3. The molecule has 0 saturated carbocycles. The molecule has 0 radical (unpaired) electrons. The zero-order valence-corrected chi connectivity index (χ0v) is 15.2. The Morgan fingerprint density at radius 3 is 2.17 bits per heavy atom. The molecule has 2 aromatic carbocycles. The van der Waals surface area contributed by atoms with Crippen LogP contribution in [0.25, 0.3) is 0 Å². The molecule has 1 heterocycles. The van der Waals surface area contributed by atoms with Crippen molar-refractivity contribution in [3.05, 3.63) is 87.3 Å². The molecule has 0 bridgehead atoms. The van der Waals surface area contributed by atoms with Crippen molar-refractivity contribution in [3.8, 4) is 0 Å². The summed E-state index contributed by atoms with van der Waals surface area (Å²) in [5, 5.41) is 0.586. The van der Waals surface area contributed by atoms with Crippen molar-refractivity contribution in [3.63, 3.8) is 0 Å². The second-order valence-electron chi connectivity index (χ2n) is 5.05. The number of thioether (sulfide) groups is 1. The summed E-state index contributed by atoms with van der Waals surface area (Å²) in [7, 11) is 0. The summed E-state index contributed by atoms with van der Waals surface area (Å²) in [5.74, 6) is -0.162. The molecule has 3 aromatic rings. The Hall–Kier alpha value is -1.88. The van der Waals surface area contributed by atoms with Crippen LogP contribution in [-0.2, 0) is 0 Å². The summed E-state index contributed by atoms with van der Waals surface area (Å²) >= 11 is 8.69. The highest BCUT2D eigenvalue weighted by molar-refractivity contribution is 8.00. The molecule has 0 saturated heterocycles. The lowest BCUT2D eigenvalue weighted by molar-refractivity contribution is 0.103. The van der Waals surface area contributed by atoms with Crippen LogP contribution in [0.5, 0.6) is 0 Å². The number of hydrogen-bond acceptors (Lipinski definition) is 4. The number of ketones is 2. The maximum absolute atomic E-state index is 12.7. The largest absolute Gasteiger partial charge is 0.289 e. The van der Waals surface area contributed by atoms with Crippen molar-refractivity contribution < 1.29 is 9.59 Å². The van der Waals surface area contributed by atoms with Crippen LogP contribution in [-0.4, -0.2) is 17.8 Å². The Balaban J connectivity index is 1.97. The number of carbonyl (C=O) groups is 2. The van der Waals surface area contributed by atoms with Gasteiger partial charge in [-0.05, 0) is 36.6 Å². The van der Waals surface area contributed by atoms with E-state index >= 15 is 0 Å². The molecule has 0 unspecified atom stereocenters. The van der Waals surface area contributed by atoms with E-state index in [1.807, 2.05) is 24.5 Å². The summed E-state index contributed by atoms with van der Waals surface area (Å²) in [5.41, 5.74) is 1.76. The van der Waals surface area contributed by atoms with Crippen LogP contribution < -0.4 is 0 Å². The molecule has 24 heavy (non-hydrogen) atoms. The molecular weight excluding hydrogens is 360 g/mol. The maximum atomic E-state index is 12.7. The van der Waals surface area contributed by atoms with E-state index in [0.717, 1.165) is 4.21 Å². The van der Waals surface area contributed by atoms with Gasteiger partial charge in [-0.3, -0.25) is 9.59 Å². The highest BCUT2D eigenvalue weighted by Gasteiger charge is 2.21. The third-order valence-corrected chi connectivity index (χ3v) is 6.02. The van der Waals surface area contributed by atoms with E-state index in [1.165, 1.54) is 23.1 Å². The summed E-state index contributed by atoms with van der Waals surface area (Å²) in [4.78, 5) is 25.9. The number of hydrogen-bond donors (Lipinski definition) is 0. The van der Waals surface area contributed by atoms with Crippen LogP contribution in [0.2, 0.25) is 5.02 Å². The van der Waals surface area contributed by atoms with E-state index in [2.05, 4.69) is 0 Å². The molecule has 0 aliphatic carbocycles. The highest BCUT2D eigenvalue weighted by Crippen LogP contribution is 2.33. The predicted octanol–water partition coefficient (Wildman–Crippen LogP) is 5.59.